The molecular weight excluding hydrogens is 336 g/mol. The van der Waals surface area contributed by atoms with Crippen LogP contribution in [-0.2, 0) is 6.54 Å². The molecule has 0 saturated carbocycles. The second kappa shape index (κ2) is 7.09. The molecule has 2 aromatic heterocycles. The third kappa shape index (κ3) is 3.56. The first-order valence-electron chi connectivity index (χ1n) is 7.83. The Balaban J connectivity index is 1.79. The van der Waals surface area contributed by atoms with Crippen molar-refractivity contribution >= 4 is 11.6 Å². The molecule has 26 heavy (non-hydrogen) atoms. The fraction of sp³-hybridized carbons (Fsp3) is 0.176. The predicted octanol–water partition coefficient (Wildman–Crippen LogP) is 2.12. The highest BCUT2D eigenvalue weighted by Gasteiger charge is 2.18. The molecule has 132 valence electrons. The van der Waals surface area contributed by atoms with Gasteiger partial charge in [-0.2, -0.15) is 0 Å². The van der Waals surface area contributed by atoms with Crippen molar-refractivity contribution in [1.82, 2.24) is 25.3 Å². The number of nitrogens with zero attached hydrogens (tertiary/aromatic N) is 5. The number of nitrogens with one attached hydrogen (secondary N) is 1. The Morgan fingerprint density at radius 3 is 2.73 bits per heavy atom. The molecule has 1 amide bonds. The first-order valence-corrected chi connectivity index (χ1v) is 7.83. The number of carbonyl (C=O) groups excluding carboxylic acids is 1. The number of nitro benzene ring substituents is 1. The van der Waals surface area contributed by atoms with Crippen molar-refractivity contribution in [3.63, 3.8) is 0 Å². The maximum absolute atomic E-state index is 12.4. The lowest BCUT2D eigenvalue weighted by atomic mass is 10.2. The Morgan fingerprint density at radius 2 is 2.00 bits per heavy atom. The predicted molar refractivity (Wildman–Crippen MR) is 92.9 cm³/mol. The highest BCUT2D eigenvalue weighted by atomic mass is 16.6. The average molecular weight is 352 g/mol. The summed E-state index contributed by atoms with van der Waals surface area (Å²) in [6, 6.07) is 11.5. The van der Waals surface area contributed by atoms with Gasteiger partial charge in [-0.05, 0) is 32.0 Å². The fourth-order valence-corrected chi connectivity index (χ4v) is 2.48. The van der Waals surface area contributed by atoms with Crippen LogP contribution >= 0.6 is 0 Å². The molecule has 0 saturated heterocycles. The molecule has 0 atom stereocenters. The minimum Gasteiger partial charge on any atom is -0.345 e. The number of aryl methyl sites for hydroxylation is 1. The van der Waals surface area contributed by atoms with Crippen LogP contribution in [0.4, 0.5) is 5.69 Å². The van der Waals surface area contributed by atoms with E-state index in [0.717, 1.165) is 11.4 Å². The summed E-state index contributed by atoms with van der Waals surface area (Å²) in [7, 11) is 0. The van der Waals surface area contributed by atoms with Gasteiger partial charge in [-0.3, -0.25) is 19.9 Å². The molecule has 3 rings (SSSR count). The number of rotatable bonds is 5. The van der Waals surface area contributed by atoms with Crippen LogP contribution in [0.25, 0.3) is 5.69 Å². The molecule has 9 heteroatoms. The summed E-state index contributed by atoms with van der Waals surface area (Å²) in [5.74, 6) is -0.387. The molecule has 1 N–H and O–H groups in total. The van der Waals surface area contributed by atoms with Gasteiger partial charge in [0.15, 0.2) is 5.69 Å². The number of hydrogen-bond donors (Lipinski definition) is 1. The largest absolute Gasteiger partial charge is 0.345 e. The maximum atomic E-state index is 12.4. The van der Waals surface area contributed by atoms with E-state index in [-0.39, 0.29) is 23.8 Å². The van der Waals surface area contributed by atoms with Crippen LogP contribution < -0.4 is 5.32 Å². The Bertz CT molecular complexity index is 982. The van der Waals surface area contributed by atoms with Gasteiger partial charge < -0.3 is 5.32 Å². The van der Waals surface area contributed by atoms with Gasteiger partial charge in [0.2, 0.25) is 0 Å². The van der Waals surface area contributed by atoms with Crippen molar-refractivity contribution in [2.45, 2.75) is 20.4 Å². The summed E-state index contributed by atoms with van der Waals surface area (Å²) in [6.07, 6.45) is 0. The zero-order chi connectivity index (χ0) is 18.7. The molecule has 0 aliphatic rings. The smallest absolute Gasteiger partial charge is 0.274 e. The van der Waals surface area contributed by atoms with E-state index in [0.29, 0.717) is 11.4 Å². The number of carbonyl (C=O) groups is 1. The fourth-order valence-electron chi connectivity index (χ4n) is 2.48. The summed E-state index contributed by atoms with van der Waals surface area (Å²) in [5, 5.41) is 21.5. The van der Waals surface area contributed by atoms with E-state index in [4.69, 9.17) is 0 Å². The Labute approximate surface area is 148 Å². The highest BCUT2D eigenvalue weighted by molar-refractivity contribution is 5.93. The van der Waals surface area contributed by atoms with Gasteiger partial charge in [-0.25, -0.2) is 4.68 Å². The lowest BCUT2D eigenvalue weighted by Gasteiger charge is -2.05. The zero-order valence-corrected chi connectivity index (χ0v) is 14.2. The van der Waals surface area contributed by atoms with Gasteiger partial charge in [0.25, 0.3) is 11.6 Å². The molecule has 0 bridgehead atoms. The van der Waals surface area contributed by atoms with Gasteiger partial charge in [0.05, 0.1) is 28.5 Å². The van der Waals surface area contributed by atoms with E-state index in [1.54, 1.807) is 19.1 Å². The number of non-ortho nitro benzene ring substituents is 1. The number of benzene rings is 1. The zero-order valence-electron chi connectivity index (χ0n) is 14.2. The molecule has 1 aromatic carbocycles. The van der Waals surface area contributed by atoms with Gasteiger partial charge in [-0.15, -0.1) is 5.10 Å². The van der Waals surface area contributed by atoms with Crippen LogP contribution in [0.5, 0.6) is 0 Å². The molecule has 9 nitrogen and oxygen atoms in total. The lowest BCUT2D eigenvalue weighted by Crippen LogP contribution is -2.24. The van der Waals surface area contributed by atoms with E-state index in [9.17, 15) is 14.9 Å². The second-order valence-corrected chi connectivity index (χ2v) is 5.67. The third-order valence-corrected chi connectivity index (χ3v) is 3.77. The molecule has 0 spiro atoms. The van der Waals surface area contributed by atoms with Gasteiger partial charge >= 0.3 is 0 Å². The lowest BCUT2D eigenvalue weighted by molar-refractivity contribution is -0.384. The van der Waals surface area contributed by atoms with Crippen LogP contribution in [0.2, 0.25) is 0 Å². The van der Waals surface area contributed by atoms with E-state index < -0.39 is 4.92 Å². The first kappa shape index (κ1) is 17.2. The van der Waals surface area contributed by atoms with Crippen LogP contribution in [0.3, 0.4) is 0 Å². The molecular formula is C17H16N6O3. The van der Waals surface area contributed by atoms with E-state index in [1.165, 1.54) is 16.8 Å². The Hall–Kier alpha value is -3.62. The van der Waals surface area contributed by atoms with Crippen LogP contribution in [0.15, 0.2) is 42.5 Å². The van der Waals surface area contributed by atoms with Crippen molar-refractivity contribution in [1.29, 1.82) is 0 Å². The minimum absolute atomic E-state index is 0.0612. The number of hydrogen-bond acceptors (Lipinski definition) is 6. The number of nitro groups is 1. The van der Waals surface area contributed by atoms with E-state index in [2.05, 4.69) is 20.6 Å². The average Bonchev–Trinajstić information content (AvgIpc) is 3.01. The monoisotopic (exact) mass is 352 g/mol. The van der Waals surface area contributed by atoms with Crippen LogP contribution in [-0.4, -0.2) is 30.8 Å². The minimum atomic E-state index is -0.488. The van der Waals surface area contributed by atoms with Crippen molar-refractivity contribution in [3.8, 4) is 5.69 Å². The topological polar surface area (TPSA) is 116 Å². The molecule has 0 aliphatic heterocycles. The molecule has 0 aliphatic carbocycles. The van der Waals surface area contributed by atoms with Crippen molar-refractivity contribution in [3.05, 3.63) is 75.4 Å². The maximum Gasteiger partial charge on any atom is 0.274 e. The highest BCUT2D eigenvalue weighted by Crippen LogP contribution is 2.18. The van der Waals surface area contributed by atoms with Crippen LogP contribution in [0.1, 0.15) is 27.6 Å². The van der Waals surface area contributed by atoms with Crippen molar-refractivity contribution in [2.24, 2.45) is 0 Å². The third-order valence-electron chi connectivity index (χ3n) is 3.77. The summed E-state index contributed by atoms with van der Waals surface area (Å²) >= 11 is 0. The summed E-state index contributed by atoms with van der Waals surface area (Å²) in [4.78, 5) is 27.1. The number of aromatic nitrogens is 4. The summed E-state index contributed by atoms with van der Waals surface area (Å²) in [5.41, 5.74) is 2.65. The normalized spacial score (nSPS) is 10.5. The SMILES string of the molecule is Cc1cccc(CNC(=O)c2nnn(-c3cccc([N+](=O)[O-])c3)c2C)n1. The van der Waals surface area contributed by atoms with Gasteiger partial charge in [0.1, 0.15) is 0 Å². The number of amides is 1. The standard InChI is InChI=1S/C17H16N6O3/c1-11-5-3-6-13(19-11)10-18-17(24)16-12(2)22(21-20-16)14-7-4-8-15(9-14)23(25)26/h3-9H,10H2,1-2H3,(H,18,24). The Kier molecular flexibility index (Phi) is 4.70. The molecule has 3 aromatic rings. The van der Waals surface area contributed by atoms with Gasteiger partial charge in [-0.1, -0.05) is 17.3 Å². The first-order chi connectivity index (χ1) is 12.5. The van der Waals surface area contributed by atoms with Gasteiger partial charge in [0, 0.05) is 17.8 Å². The quantitative estimate of drug-likeness (QED) is 0.555. The second-order valence-electron chi connectivity index (χ2n) is 5.67. The van der Waals surface area contributed by atoms with Crippen molar-refractivity contribution in [2.75, 3.05) is 0 Å². The van der Waals surface area contributed by atoms with E-state index in [1.807, 2.05) is 25.1 Å². The molecule has 0 unspecified atom stereocenters. The number of pyridine rings is 1. The van der Waals surface area contributed by atoms with Crippen LogP contribution in [0, 0.1) is 24.0 Å². The Morgan fingerprint density at radius 1 is 1.23 bits per heavy atom. The summed E-state index contributed by atoms with van der Waals surface area (Å²) in [6.45, 7) is 3.82. The molecule has 2 heterocycles. The van der Waals surface area contributed by atoms with Crippen molar-refractivity contribution < 1.29 is 9.72 Å². The molecule has 0 fully saturated rings. The molecule has 0 radical (unpaired) electrons. The van der Waals surface area contributed by atoms with E-state index >= 15 is 0 Å². The summed E-state index contributed by atoms with van der Waals surface area (Å²) < 4.78 is 1.40.